The molecule has 0 aromatic heterocycles. The highest BCUT2D eigenvalue weighted by Gasteiger charge is 2.22. The van der Waals surface area contributed by atoms with Gasteiger partial charge in [0, 0.05) is 29.2 Å². The van der Waals surface area contributed by atoms with Crippen molar-refractivity contribution in [1.82, 2.24) is 0 Å². The molecule has 1 aromatic carbocycles. The largest absolute Gasteiger partial charge is 0.507 e. The molecule has 0 fully saturated rings. The highest BCUT2D eigenvalue weighted by Crippen LogP contribution is 2.40. The molecule has 1 aromatic rings. The second kappa shape index (κ2) is 4.96. The molecule has 0 radical (unpaired) electrons. The first-order chi connectivity index (χ1) is 8.19. The molecule has 2 N–H and O–H groups in total. The molecule has 0 saturated heterocycles. The number of aliphatic hydroxyl groups is 1. The summed E-state index contributed by atoms with van der Waals surface area (Å²) in [5.41, 5.74) is 2.96. The number of phenols is 1. The molecule has 1 atom stereocenters. The van der Waals surface area contributed by atoms with Crippen LogP contribution < -0.4 is 4.74 Å². The van der Waals surface area contributed by atoms with Gasteiger partial charge in [0.05, 0.1) is 7.11 Å². The minimum atomic E-state index is -0.0591. The molecular weight excluding hydrogens is 216 g/mol. The van der Waals surface area contributed by atoms with E-state index in [-0.39, 0.29) is 12.5 Å². The summed E-state index contributed by atoms with van der Waals surface area (Å²) < 4.78 is 5.41. The maximum Gasteiger partial charge on any atom is 0.122 e. The number of rotatable bonds is 3. The average Bonchev–Trinajstić information content (AvgIpc) is 2.39. The van der Waals surface area contributed by atoms with E-state index in [1.807, 2.05) is 13.0 Å². The van der Waals surface area contributed by atoms with Crippen molar-refractivity contribution in [3.8, 4) is 11.5 Å². The Morgan fingerprint density at radius 1 is 1.29 bits per heavy atom. The number of aliphatic hydroxyl groups excluding tert-OH is 1. The highest BCUT2D eigenvalue weighted by molar-refractivity contribution is 5.55. The first kappa shape index (κ1) is 12.2. The van der Waals surface area contributed by atoms with Gasteiger partial charge in [0.25, 0.3) is 0 Å². The minimum absolute atomic E-state index is 0.0372. The van der Waals surface area contributed by atoms with Gasteiger partial charge in [-0.15, -0.1) is 0 Å². The summed E-state index contributed by atoms with van der Waals surface area (Å²) in [5.74, 6) is 1.16. The second-order valence-corrected chi connectivity index (χ2v) is 4.76. The molecule has 1 unspecified atom stereocenters. The van der Waals surface area contributed by atoms with Gasteiger partial charge in [-0.1, -0.05) is 6.92 Å². The van der Waals surface area contributed by atoms with Gasteiger partial charge in [0.1, 0.15) is 11.5 Å². The van der Waals surface area contributed by atoms with Gasteiger partial charge < -0.3 is 14.9 Å². The van der Waals surface area contributed by atoms with Gasteiger partial charge in [-0.2, -0.15) is 0 Å². The van der Waals surface area contributed by atoms with E-state index in [1.54, 1.807) is 7.11 Å². The van der Waals surface area contributed by atoms with Crippen LogP contribution in [0.2, 0.25) is 0 Å². The van der Waals surface area contributed by atoms with Crippen LogP contribution in [0.15, 0.2) is 6.07 Å². The zero-order valence-corrected chi connectivity index (χ0v) is 10.5. The summed E-state index contributed by atoms with van der Waals surface area (Å²) in [7, 11) is 1.66. The third kappa shape index (κ3) is 2.12. The Labute approximate surface area is 102 Å². The Morgan fingerprint density at radius 2 is 1.94 bits per heavy atom. The average molecular weight is 236 g/mol. The lowest BCUT2D eigenvalue weighted by Gasteiger charge is -2.23. The lowest BCUT2D eigenvalue weighted by Crippen LogP contribution is -2.09. The smallest absolute Gasteiger partial charge is 0.122 e. The molecule has 94 valence electrons. The summed E-state index contributed by atoms with van der Waals surface area (Å²) in [6.07, 6.45) is 4.14. The molecule has 1 aliphatic rings. The van der Waals surface area contributed by atoms with E-state index in [4.69, 9.17) is 4.74 Å². The van der Waals surface area contributed by atoms with Crippen LogP contribution in [0.4, 0.5) is 0 Å². The van der Waals surface area contributed by atoms with Crippen molar-refractivity contribution in [2.45, 2.75) is 38.5 Å². The van der Waals surface area contributed by atoms with Crippen molar-refractivity contribution < 1.29 is 14.9 Å². The first-order valence-electron chi connectivity index (χ1n) is 6.21. The molecule has 0 amide bonds. The maximum absolute atomic E-state index is 10.3. The topological polar surface area (TPSA) is 49.7 Å². The molecule has 0 heterocycles. The Morgan fingerprint density at radius 3 is 2.53 bits per heavy atom. The van der Waals surface area contributed by atoms with Gasteiger partial charge in [-0.25, -0.2) is 0 Å². The second-order valence-electron chi connectivity index (χ2n) is 4.76. The third-order valence-corrected chi connectivity index (χ3v) is 3.64. The van der Waals surface area contributed by atoms with Crippen molar-refractivity contribution in [2.24, 2.45) is 0 Å². The fourth-order valence-corrected chi connectivity index (χ4v) is 2.57. The van der Waals surface area contributed by atoms with Crippen LogP contribution in [-0.2, 0) is 12.8 Å². The van der Waals surface area contributed by atoms with Crippen molar-refractivity contribution in [3.05, 3.63) is 22.8 Å². The summed E-state index contributed by atoms with van der Waals surface area (Å²) in [5, 5.41) is 19.5. The number of fused-ring (bicyclic) bond motifs is 1. The van der Waals surface area contributed by atoms with E-state index in [9.17, 15) is 10.2 Å². The molecule has 3 heteroatoms. The van der Waals surface area contributed by atoms with E-state index < -0.39 is 0 Å². The molecule has 0 spiro atoms. The Balaban J connectivity index is 2.56. The molecule has 17 heavy (non-hydrogen) atoms. The number of hydrogen-bond donors (Lipinski definition) is 2. The minimum Gasteiger partial charge on any atom is -0.507 e. The Bertz CT molecular complexity index is 412. The van der Waals surface area contributed by atoms with Crippen LogP contribution >= 0.6 is 0 Å². The van der Waals surface area contributed by atoms with E-state index in [0.29, 0.717) is 5.75 Å². The van der Waals surface area contributed by atoms with Crippen LogP contribution in [0.25, 0.3) is 0 Å². The molecule has 3 nitrogen and oxygen atoms in total. The van der Waals surface area contributed by atoms with Crippen LogP contribution in [-0.4, -0.2) is 23.9 Å². The van der Waals surface area contributed by atoms with E-state index in [2.05, 4.69) is 0 Å². The number of benzene rings is 1. The lowest BCUT2D eigenvalue weighted by molar-refractivity contribution is 0.269. The monoisotopic (exact) mass is 236 g/mol. The van der Waals surface area contributed by atoms with Crippen LogP contribution in [0.3, 0.4) is 0 Å². The third-order valence-electron chi connectivity index (χ3n) is 3.64. The number of hydrogen-bond acceptors (Lipinski definition) is 3. The SMILES string of the molecule is COc1cc(C(C)CO)c(O)c2c1CCCC2. The number of methoxy groups -OCH3 is 1. The van der Waals surface area contributed by atoms with E-state index in [1.165, 1.54) is 0 Å². The van der Waals surface area contributed by atoms with Crippen molar-refractivity contribution >= 4 is 0 Å². The standard InChI is InChI=1S/C14H20O3/c1-9(8-15)12-7-13(17-2)10-5-3-4-6-11(10)14(12)16/h7,9,15-16H,3-6,8H2,1-2H3. The van der Waals surface area contributed by atoms with E-state index in [0.717, 1.165) is 48.1 Å². The fourth-order valence-electron chi connectivity index (χ4n) is 2.57. The van der Waals surface area contributed by atoms with Gasteiger partial charge in [-0.05, 0) is 31.7 Å². The van der Waals surface area contributed by atoms with Crippen molar-refractivity contribution in [3.63, 3.8) is 0 Å². The summed E-state index contributed by atoms with van der Waals surface area (Å²) in [6.45, 7) is 1.94. The Kier molecular flexibility index (Phi) is 3.57. The molecule has 0 aliphatic heterocycles. The molecule has 1 aliphatic carbocycles. The predicted octanol–water partition coefficient (Wildman–Crippen LogP) is 2.38. The van der Waals surface area contributed by atoms with Crippen LogP contribution in [0, 0.1) is 0 Å². The van der Waals surface area contributed by atoms with Gasteiger partial charge in [0.15, 0.2) is 0 Å². The molecule has 0 bridgehead atoms. The predicted molar refractivity (Wildman–Crippen MR) is 66.8 cm³/mol. The zero-order valence-electron chi connectivity index (χ0n) is 10.5. The van der Waals surface area contributed by atoms with Gasteiger partial charge >= 0.3 is 0 Å². The Hall–Kier alpha value is -1.22. The summed E-state index contributed by atoms with van der Waals surface area (Å²) in [6, 6.07) is 1.88. The van der Waals surface area contributed by atoms with Crippen LogP contribution in [0.1, 0.15) is 42.4 Å². The number of phenolic OH excluding ortho intramolecular Hbond substituents is 1. The van der Waals surface area contributed by atoms with E-state index >= 15 is 0 Å². The summed E-state index contributed by atoms with van der Waals surface area (Å²) in [4.78, 5) is 0. The van der Waals surface area contributed by atoms with Gasteiger partial charge in [-0.3, -0.25) is 0 Å². The van der Waals surface area contributed by atoms with Crippen molar-refractivity contribution in [1.29, 1.82) is 0 Å². The lowest BCUT2D eigenvalue weighted by atomic mass is 9.86. The first-order valence-corrected chi connectivity index (χ1v) is 6.21. The summed E-state index contributed by atoms with van der Waals surface area (Å²) >= 11 is 0. The quantitative estimate of drug-likeness (QED) is 0.847. The highest BCUT2D eigenvalue weighted by atomic mass is 16.5. The fraction of sp³-hybridized carbons (Fsp3) is 0.571. The maximum atomic E-state index is 10.3. The number of aromatic hydroxyl groups is 1. The molecule has 0 saturated carbocycles. The van der Waals surface area contributed by atoms with Crippen molar-refractivity contribution in [2.75, 3.05) is 13.7 Å². The van der Waals surface area contributed by atoms with Crippen LogP contribution in [0.5, 0.6) is 11.5 Å². The molecular formula is C14H20O3. The molecule has 2 rings (SSSR count). The number of ether oxygens (including phenoxy) is 1. The van der Waals surface area contributed by atoms with Gasteiger partial charge in [0.2, 0.25) is 0 Å². The zero-order chi connectivity index (χ0) is 12.4. The normalized spacial score (nSPS) is 16.4.